The molecule has 4 heteroatoms. The van der Waals surface area contributed by atoms with E-state index in [0.717, 1.165) is 12.2 Å². The molecule has 0 radical (unpaired) electrons. The van der Waals surface area contributed by atoms with Gasteiger partial charge >= 0.3 is 0 Å². The molecule has 1 atom stereocenters. The van der Waals surface area contributed by atoms with Gasteiger partial charge in [-0.3, -0.25) is 0 Å². The number of halogens is 1. The molecule has 18 heavy (non-hydrogen) atoms. The van der Waals surface area contributed by atoms with Crippen molar-refractivity contribution in [2.45, 2.75) is 25.3 Å². The lowest BCUT2D eigenvalue weighted by Gasteiger charge is -2.26. The van der Waals surface area contributed by atoms with Crippen LogP contribution in [0.25, 0.3) is 0 Å². The highest BCUT2D eigenvalue weighted by atomic mass is 35.5. The van der Waals surface area contributed by atoms with Crippen molar-refractivity contribution >= 4 is 17.4 Å². The van der Waals surface area contributed by atoms with Gasteiger partial charge in [-0.25, -0.2) is 0 Å². The lowest BCUT2D eigenvalue weighted by Crippen LogP contribution is -2.18. The third kappa shape index (κ3) is 2.31. The van der Waals surface area contributed by atoms with Crippen LogP contribution in [-0.2, 0) is 6.42 Å². The SMILES string of the molecule is Clc1ccc(NC2CCCc3ccccc32)nn1. The fraction of sp³-hybridized carbons (Fsp3) is 0.286. The number of hydrogen-bond acceptors (Lipinski definition) is 3. The molecule has 1 aliphatic carbocycles. The van der Waals surface area contributed by atoms with E-state index in [0.29, 0.717) is 11.2 Å². The molecule has 0 aliphatic heterocycles. The number of nitrogens with one attached hydrogen (secondary N) is 1. The second-order valence-electron chi connectivity index (χ2n) is 4.53. The minimum Gasteiger partial charge on any atom is -0.362 e. The number of aromatic nitrogens is 2. The van der Waals surface area contributed by atoms with Crippen LogP contribution >= 0.6 is 11.6 Å². The van der Waals surface area contributed by atoms with Gasteiger partial charge in [0.25, 0.3) is 0 Å². The van der Waals surface area contributed by atoms with Crippen LogP contribution < -0.4 is 5.32 Å². The van der Waals surface area contributed by atoms with E-state index in [-0.39, 0.29) is 0 Å². The molecular weight excluding hydrogens is 246 g/mol. The van der Waals surface area contributed by atoms with E-state index in [2.05, 4.69) is 39.8 Å². The Bertz CT molecular complexity index is 539. The summed E-state index contributed by atoms with van der Waals surface area (Å²) in [7, 11) is 0. The first-order valence-electron chi connectivity index (χ1n) is 6.16. The summed E-state index contributed by atoms with van der Waals surface area (Å²) in [4.78, 5) is 0. The van der Waals surface area contributed by atoms with Crippen LogP contribution in [0, 0.1) is 0 Å². The maximum absolute atomic E-state index is 5.73. The molecule has 1 aliphatic rings. The van der Waals surface area contributed by atoms with Gasteiger partial charge in [-0.05, 0) is 42.5 Å². The van der Waals surface area contributed by atoms with Crippen LogP contribution in [0.15, 0.2) is 36.4 Å². The van der Waals surface area contributed by atoms with Gasteiger partial charge in [-0.1, -0.05) is 35.9 Å². The van der Waals surface area contributed by atoms with Crippen molar-refractivity contribution in [3.05, 3.63) is 52.7 Å². The number of benzene rings is 1. The minimum atomic E-state index is 0.324. The number of nitrogens with zero attached hydrogens (tertiary/aromatic N) is 2. The number of rotatable bonds is 2. The second kappa shape index (κ2) is 4.94. The monoisotopic (exact) mass is 259 g/mol. The fourth-order valence-electron chi connectivity index (χ4n) is 2.48. The Labute approximate surface area is 111 Å². The summed E-state index contributed by atoms with van der Waals surface area (Å²) in [6, 6.07) is 12.5. The quantitative estimate of drug-likeness (QED) is 0.895. The number of aryl methyl sites for hydroxylation is 1. The molecule has 0 fully saturated rings. The second-order valence-corrected chi connectivity index (χ2v) is 4.92. The molecule has 3 nitrogen and oxygen atoms in total. The minimum absolute atomic E-state index is 0.324. The Hall–Kier alpha value is -1.61. The lowest BCUT2D eigenvalue weighted by atomic mass is 9.88. The van der Waals surface area contributed by atoms with Crippen LogP contribution in [0.1, 0.15) is 30.0 Å². The molecule has 0 spiro atoms. The van der Waals surface area contributed by atoms with Crippen molar-refractivity contribution in [3.8, 4) is 0 Å². The van der Waals surface area contributed by atoms with Crippen LogP contribution in [-0.4, -0.2) is 10.2 Å². The third-order valence-corrected chi connectivity index (χ3v) is 3.53. The molecule has 0 saturated heterocycles. The highest BCUT2D eigenvalue weighted by Crippen LogP contribution is 2.31. The molecule has 1 aromatic heterocycles. The first kappa shape index (κ1) is 11.5. The van der Waals surface area contributed by atoms with Gasteiger partial charge < -0.3 is 5.32 Å². The Morgan fingerprint density at radius 3 is 2.83 bits per heavy atom. The lowest BCUT2D eigenvalue weighted by molar-refractivity contribution is 0.597. The molecule has 1 heterocycles. The molecule has 3 rings (SSSR count). The number of fused-ring (bicyclic) bond motifs is 1. The Kier molecular flexibility index (Phi) is 3.15. The standard InChI is InChI=1S/C14H14ClN3/c15-13-8-9-14(18-17-13)16-12-7-3-5-10-4-1-2-6-11(10)12/h1-2,4,6,8-9,12H,3,5,7H2,(H,16,18). The molecular formula is C14H14ClN3. The maximum atomic E-state index is 5.73. The normalized spacial score (nSPS) is 18.2. The van der Waals surface area contributed by atoms with Crippen molar-refractivity contribution in [1.29, 1.82) is 0 Å². The van der Waals surface area contributed by atoms with Gasteiger partial charge in [-0.2, -0.15) is 0 Å². The summed E-state index contributed by atoms with van der Waals surface area (Å²) >= 11 is 5.73. The van der Waals surface area contributed by atoms with E-state index in [1.54, 1.807) is 6.07 Å². The van der Waals surface area contributed by atoms with Gasteiger partial charge in [-0.15, -0.1) is 10.2 Å². The van der Waals surface area contributed by atoms with E-state index in [9.17, 15) is 0 Å². The first-order valence-corrected chi connectivity index (χ1v) is 6.54. The van der Waals surface area contributed by atoms with E-state index in [4.69, 9.17) is 11.6 Å². The predicted molar refractivity (Wildman–Crippen MR) is 72.8 cm³/mol. The van der Waals surface area contributed by atoms with Crippen molar-refractivity contribution in [2.75, 3.05) is 5.32 Å². The summed E-state index contributed by atoms with van der Waals surface area (Å²) in [6.07, 6.45) is 3.50. The van der Waals surface area contributed by atoms with Crippen molar-refractivity contribution in [1.82, 2.24) is 10.2 Å². The molecule has 1 N–H and O–H groups in total. The topological polar surface area (TPSA) is 37.8 Å². The van der Waals surface area contributed by atoms with Gasteiger partial charge in [0.15, 0.2) is 5.15 Å². The summed E-state index contributed by atoms with van der Waals surface area (Å²) in [5.74, 6) is 0.779. The molecule has 1 aromatic carbocycles. The zero-order valence-electron chi connectivity index (χ0n) is 9.94. The van der Waals surface area contributed by atoms with Crippen LogP contribution in [0.4, 0.5) is 5.82 Å². The largest absolute Gasteiger partial charge is 0.362 e. The smallest absolute Gasteiger partial charge is 0.151 e. The zero-order chi connectivity index (χ0) is 12.4. The molecule has 0 amide bonds. The van der Waals surface area contributed by atoms with Crippen molar-refractivity contribution in [3.63, 3.8) is 0 Å². The third-order valence-electron chi connectivity index (χ3n) is 3.32. The number of anilines is 1. The molecule has 92 valence electrons. The summed E-state index contributed by atoms with van der Waals surface area (Å²) in [5.41, 5.74) is 2.81. The predicted octanol–water partition coefficient (Wildman–Crippen LogP) is 3.62. The maximum Gasteiger partial charge on any atom is 0.151 e. The average molecular weight is 260 g/mol. The van der Waals surface area contributed by atoms with Gasteiger partial charge in [0.05, 0.1) is 6.04 Å². The van der Waals surface area contributed by atoms with Crippen LogP contribution in [0.2, 0.25) is 5.15 Å². The van der Waals surface area contributed by atoms with Crippen molar-refractivity contribution in [2.24, 2.45) is 0 Å². The Balaban J connectivity index is 1.84. The fourth-order valence-corrected chi connectivity index (χ4v) is 2.58. The van der Waals surface area contributed by atoms with E-state index >= 15 is 0 Å². The van der Waals surface area contributed by atoms with Gasteiger partial charge in [0.1, 0.15) is 5.82 Å². The zero-order valence-corrected chi connectivity index (χ0v) is 10.7. The van der Waals surface area contributed by atoms with E-state index in [1.165, 1.54) is 24.0 Å². The Morgan fingerprint density at radius 1 is 1.11 bits per heavy atom. The highest BCUT2D eigenvalue weighted by Gasteiger charge is 2.19. The molecule has 0 bridgehead atoms. The van der Waals surface area contributed by atoms with Crippen LogP contribution in [0.5, 0.6) is 0 Å². The van der Waals surface area contributed by atoms with E-state index < -0.39 is 0 Å². The highest BCUT2D eigenvalue weighted by molar-refractivity contribution is 6.29. The first-order chi connectivity index (χ1) is 8.83. The van der Waals surface area contributed by atoms with Crippen molar-refractivity contribution < 1.29 is 0 Å². The number of hydrogen-bond donors (Lipinski definition) is 1. The van der Waals surface area contributed by atoms with E-state index in [1.807, 2.05) is 6.07 Å². The summed E-state index contributed by atoms with van der Waals surface area (Å²) in [5, 5.41) is 11.8. The molecule has 2 aromatic rings. The Morgan fingerprint density at radius 2 is 2.00 bits per heavy atom. The van der Waals surface area contributed by atoms with Crippen LogP contribution in [0.3, 0.4) is 0 Å². The summed E-state index contributed by atoms with van der Waals surface area (Å²) in [6.45, 7) is 0. The van der Waals surface area contributed by atoms with Gasteiger partial charge in [0, 0.05) is 0 Å². The summed E-state index contributed by atoms with van der Waals surface area (Å²) < 4.78 is 0. The molecule has 0 saturated carbocycles. The average Bonchev–Trinajstić information content (AvgIpc) is 2.42. The molecule has 1 unspecified atom stereocenters. The van der Waals surface area contributed by atoms with Gasteiger partial charge in [0.2, 0.25) is 0 Å².